The van der Waals surface area contributed by atoms with E-state index in [2.05, 4.69) is 6.07 Å². The summed E-state index contributed by atoms with van der Waals surface area (Å²) in [5, 5.41) is 0.633. The summed E-state index contributed by atoms with van der Waals surface area (Å²) in [5.41, 5.74) is 3.90. The van der Waals surface area contributed by atoms with Crippen LogP contribution in [-0.2, 0) is 0 Å². The Labute approximate surface area is 181 Å². The minimum atomic E-state index is -3.03. The Kier molecular flexibility index (Phi) is 8.21. The lowest BCUT2D eigenvalue weighted by atomic mass is 9.76. The summed E-state index contributed by atoms with van der Waals surface area (Å²) in [6, 6.07) is 10.3. The molecule has 1 unspecified atom stereocenters. The first-order valence-corrected chi connectivity index (χ1v) is 11.2. The Bertz CT molecular complexity index is 787. The van der Waals surface area contributed by atoms with Gasteiger partial charge in [0, 0.05) is 10.6 Å². The SMILES string of the molecule is Cc1cc(C2CCC(CCCCF)CC2)cc(Cl)c1-c1ccc(C(F)C(F)F)cc1. The van der Waals surface area contributed by atoms with Gasteiger partial charge in [-0.05, 0) is 79.2 Å². The van der Waals surface area contributed by atoms with Crippen molar-refractivity contribution >= 4 is 11.6 Å². The number of halogens is 5. The zero-order valence-corrected chi connectivity index (χ0v) is 18.1. The van der Waals surface area contributed by atoms with E-state index in [4.69, 9.17) is 11.6 Å². The minimum absolute atomic E-state index is 0.0255. The molecule has 0 radical (unpaired) electrons. The van der Waals surface area contributed by atoms with Gasteiger partial charge in [0.05, 0.1) is 6.67 Å². The van der Waals surface area contributed by atoms with Crippen molar-refractivity contribution < 1.29 is 17.6 Å². The number of alkyl halides is 4. The lowest BCUT2D eigenvalue weighted by Crippen LogP contribution is -2.13. The van der Waals surface area contributed by atoms with Gasteiger partial charge in [0.25, 0.3) is 6.43 Å². The second kappa shape index (κ2) is 10.7. The molecule has 0 heterocycles. The summed E-state index contributed by atoms with van der Waals surface area (Å²) in [7, 11) is 0. The Balaban J connectivity index is 1.70. The average Bonchev–Trinajstić information content (AvgIpc) is 2.74. The van der Waals surface area contributed by atoms with Crippen molar-refractivity contribution in [3.05, 3.63) is 58.1 Å². The molecule has 2 aromatic rings. The number of hydrogen-bond donors (Lipinski definition) is 0. The molecule has 5 heteroatoms. The van der Waals surface area contributed by atoms with Crippen LogP contribution in [0.3, 0.4) is 0 Å². The summed E-state index contributed by atoms with van der Waals surface area (Å²) in [6.45, 7) is 1.78. The monoisotopic (exact) mass is 440 g/mol. The van der Waals surface area contributed by atoms with E-state index in [9.17, 15) is 17.6 Å². The fraction of sp³-hybridized carbons (Fsp3) is 0.520. The van der Waals surface area contributed by atoms with Gasteiger partial charge in [-0.25, -0.2) is 13.2 Å². The van der Waals surface area contributed by atoms with Crippen LogP contribution < -0.4 is 0 Å². The Morgan fingerprint density at radius 1 is 0.967 bits per heavy atom. The van der Waals surface area contributed by atoms with Gasteiger partial charge in [0.1, 0.15) is 0 Å². The molecule has 0 aromatic heterocycles. The van der Waals surface area contributed by atoms with Crippen molar-refractivity contribution in [3.63, 3.8) is 0 Å². The maximum absolute atomic E-state index is 13.5. The zero-order chi connectivity index (χ0) is 21.7. The highest BCUT2D eigenvalue weighted by Gasteiger charge is 2.24. The lowest BCUT2D eigenvalue weighted by molar-refractivity contribution is 0.0496. The normalized spacial score (nSPS) is 20.5. The average molecular weight is 441 g/mol. The first-order chi connectivity index (χ1) is 14.4. The van der Waals surface area contributed by atoms with E-state index in [1.54, 1.807) is 12.1 Å². The van der Waals surface area contributed by atoms with Crippen LogP contribution >= 0.6 is 11.6 Å². The van der Waals surface area contributed by atoms with E-state index in [1.807, 2.05) is 13.0 Å². The van der Waals surface area contributed by atoms with Gasteiger partial charge in [-0.15, -0.1) is 0 Å². The Morgan fingerprint density at radius 2 is 1.63 bits per heavy atom. The highest BCUT2D eigenvalue weighted by Crippen LogP contribution is 2.41. The van der Waals surface area contributed by atoms with E-state index in [0.29, 0.717) is 23.3 Å². The third-order valence-corrected chi connectivity index (χ3v) is 6.66. The van der Waals surface area contributed by atoms with Crippen LogP contribution in [-0.4, -0.2) is 13.1 Å². The van der Waals surface area contributed by atoms with Crippen LogP contribution in [0.2, 0.25) is 5.02 Å². The molecular formula is C25H29ClF4. The standard InChI is InChI=1S/C25H29ClF4/c1-16-14-21(18-7-5-17(6-8-18)4-2-3-13-27)15-22(26)23(16)19-9-11-20(12-10-19)24(28)25(29)30/h9-12,14-15,17-18,24-25H,2-8,13H2,1H3. The second-order valence-electron chi connectivity index (χ2n) is 8.46. The van der Waals surface area contributed by atoms with E-state index in [-0.39, 0.29) is 12.2 Å². The van der Waals surface area contributed by atoms with Crippen molar-refractivity contribution in [2.45, 2.75) is 70.4 Å². The maximum Gasteiger partial charge on any atom is 0.273 e. The van der Waals surface area contributed by atoms with E-state index in [0.717, 1.165) is 42.4 Å². The Morgan fingerprint density at radius 3 is 2.20 bits per heavy atom. The first-order valence-electron chi connectivity index (χ1n) is 10.8. The third-order valence-electron chi connectivity index (χ3n) is 6.36. The highest BCUT2D eigenvalue weighted by molar-refractivity contribution is 6.33. The van der Waals surface area contributed by atoms with Gasteiger partial charge >= 0.3 is 0 Å². The fourth-order valence-electron chi connectivity index (χ4n) is 4.66. The molecule has 1 saturated carbocycles. The molecule has 0 N–H and O–H groups in total. The van der Waals surface area contributed by atoms with Gasteiger partial charge in [0.2, 0.25) is 0 Å². The second-order valence-corrected chi connectivity index (χ2v) is 8.86. The highest BCUT2D eigenvalue weighted by atomic mass is 35.5. The van der Waals surface area contributed by atoms with E-state index in [1.165, 1.54) is 30.5 Å². The van der Waals surface area contributed by atoms with Crippen LogP contribution in [0.5, 0.6) is 0 Å². The molecule has 0 nitrogen and oxygen atoms in total. The minimum Gasteiger partial charge on any atom is -0.251 e. The maximum atomic E-state index is 13.5. The summed E-state index contributed by atoms with van der Waals surface area (Å²) in [6.07, 6.45) is 2.05. The molecule has 30 heavy (non-hydrogen) atoms. The van der Waals surface area contributed by atoms with E-state index >= 15 is 0 Å². The number of hydrogen-bond acceptors (Lipinski definition) is 0. The van der Waals surface area contributed by atoms with Gasteiger partial charge in [-0.2, -0.15) is 0 Å². The predicted molar refractivity (Wildman–Crippen MR) is 116 cm³/mol. The summed E-state index contributed by atoms with van der Waals surface area (Å²) >= 11 is 6.62. The van der Waals surface area contributed by atoms with Gasteiger partial charge in [0.15, 0.2) is 6.17 Å². The molecule has 0 bridgehead atoms. The fourth-order valence-corrected chi connectivity index (χ4v) is 5.05. The summed E-state index contributed by atoms with van der Waals surface area (Å²) in [4.78, 5) is 0. The Hall–Kier alpha value is -1.55. The van der Waals surface area contributed by atoms with Crippen LogP contribution in [0.15, 0.2) is 36.4 Å². The molecule has 1 aliphatic rings. The van der Waals surface area contributed by atoms with Crippen LogP contribution in [0.4, 0.5) is 17.6 Å². The molecular weight excluding hydrogens is 412 g/mol. The third kappa shape index (κ3) is 5.57. The molecule has 1 aliphatic carbocycles. The number of rotatable bonds is 8. The molecule has 3 rings (SSSR count). The molecule has 2 aromatic carbocycles. The molecule has 0 amide bonds. The molecule has 0 aliphatic heterocycles. The summed E-state index contributed by atoms with van der Waals surface area (Å²) < 4.78 is 51.0. The smallest absolute Gasteiger partial charge is 0.251 e. The van der Waals surface area contributed by atoms with Crippen molar-refractivity contribution in [1.82, 2.24) is 0 Å². The van der Waals surface area contributed by atoms with Crippen molar-refractivity contribution in [2.24, 2.45) is 5.92 Å². The summed E-state index contributed by atoms with van der Waals surface area (Å²) in [5.74, 6) is 1.18. The number of aryl methyl sites for hydroxylation is 1. The van der Waals surface area contributed by atoms with Gasteiger partial charge in [-0.3, -0.25) is 4.39 Å². The first kappa shape index (κ1) is 23.1. The van der Waals surface area contributed by atoms with Crippen molar-refractivity contribution in [2.75, 3.05) is 6.67 Å². The van der Waals surface area contributed by atoms with Crippen molar-refractivity contribution in [3.8, 4) is 11.1 Å². The van der Waals surface area contributed by atoms with E-state index < -0.39 is 12.6 Å². The predicted octanol–water partition coefficient (Wildman–Crippen LogP) is 9.00. The van der Waals surface area contributed by atoms with Crippen molar-refractivity contribution in [1.29, 1.82) is 0 Å². The van der Waals surface area contributed by atoms with Crippen LogP contribution in [0, 0.1) is 12.8 Å². The molecule has 1 fully saturated rings. The largest absolute Gasteiger partial charge is 0.273 e. The lowest BCUT2D eigenvalue weighted by Gasteiger charge is -2.29. The van der Waals surface area contributed by atoms with Crippen LogP contribution in [0.1, 0.15) is 73.7 Å². The van der Waals surface area contributed by atoms with Gasteiger partial charge in [-0.1, -0.05) is 54.8 Å². The number of unbranched alkanes of at least 4 members (excludes halogenated alkanes) is 1. The van der Waals surface area contributed by atoms with Crippen LogP contribution in [0.25, 0.3) is 11.1 Å². The molecule has 1 atom stereocenters. The number of benzene rings is 2. The van der Waals surface area contributed by atoms with Gasteiger partial charge < -0.3 is 0 Å². The quantitative estimate of drug-likeness (QED) is 0.283. The molecule has 164 valence electrons. The molecule has 0 saturated heterocycles. The zero-order valence-electron chi connectivity index (χ0n) is 17.3. The topological polar surface area (TPSA) is 0 Å². The molecule has 0 spiro atoms.